The normalized spacial score (nSPS) is 12.3. The third-order valence-corrected chi connectivity index (χ3v) is 3.06. The standard InChI is InChI=1S/C15H17NO3/c1-11-13(8-14(19-11)15(17)18)10-16(2)9-12-6-4-3-5-7-12/h3-8H,9-10H2,1-2H3,(H,17,18). The Labute approximate surface area is 112 Å². The van der Waals surface area contributed by atoms with E-state index in [0.717, 1.165) is 18.7 Å². The molecule has 100 valence electrons. The van der Waals surface area contributed by atoms with Crippen LogP contribution in [0.3, 0.4) is 0 Å². The van der Waals surface area contributed by atoms with Gasteiger partial charge in [-0.15, -0.1) is 0 Å². The van der Waals surface area contributed by atoms with Gasteiger partial charge >= 0.3 is 0 Å². The number of furan rings is 1. The smallest absolute Gasteiger partial charge is 0.150 e. The highest BCUT2D eigenvalue weighted by atomic mass is 16.4. The largest absolute Gasteiger partial charge is 0.542 e. The van der Waals surface area contributed by atoms with Crippen LogP contribution in [-0.4, -0.2) is 13.0 Å². The van der Waals surface area contributed by atoms with E-state index in [1.807, 2.05) is 18.2 Å². The minimum absolute atomic E-state index is 0.0972. The van der Waals surface area contributed by atoms with Crippen LogP contribution in [0.5, 0.6) is 0 Å². The van der Waals surface area contributed by atoms with Crippen LogP contribution in [0.2, 0.25) is 0 Å². The van der Waals surface area contributed by atoms with Crippen molar-refractivity contribution in [1.29, 1.82) is 0 Å². The predicted molar refractivity (Wildman–Crippen MR) is 68.5 cm³/mol. The summed E-state index contributed by atoms with van der Waals surface area (Å²) in [5.41, 5.74) is 2.16. The molecule has 0 radical (unpaired) electrons. The van der Waals surface area contributed by atoms with Gasteiger partial charge in [-0.25, -0.2) is 0 Å². The van der Waals surface area contributed by atoms with E-state index in [2.05, 4.69) is 19.2 Å². The Morgan fingerprint density at radius 1 is 1.26 bits per heavy atom. The number of aromatic carboxylic acids is 1. The van der Waals surface area contributed by atoms with E-state index >= 15 is 0 Å². The maximum atomic E-state index is 10.7. The number of carbonyl (C=O) groups excluding carboxylic acids is 1. The lowest BCUT2D eigenvalue weighted by Gasteiger charge is -2.13. The lowest BCUT2D eigenvalue weighted by Crippen LogP contribution is -3.06. The topological polar surface area (TPSA) is 57.7 Å². The van der Waals surface area contributed by atoms with Gasteiger partial charge in [-0.05, 0) is 13.0 Å². The molecule has 4 heteroatoms. The molecule has 0 saturated carbocycles. The molecule has 0 saturated heterocycles. The molecule has 19 heavy (non-hydrogen) atoms. The van der Waals surface area contributed by atoms with Gasteiger partial charge in [-0.1, -0.05) is 30.3 Å². The minimum Gasteiger partial charge on any atom is -0.542 e. The first-order valence-corrected chi connectivity index (χ1v) is 6.22. The van der Waals surface area contributed by atoms with Gasteiger partial charge < -0.3 is 19.2 Å². The van der Waals surface area contributed by atoms with Gasteiger partial charge in [0.2, 0.25) is 0 Å². The number of aryl methyl sites for hydroxylation is 1. The summed E-state index contributed by atoms with van der Waals surface area (Å²) in [7, 11) is 2.07. The van der Waals surface area contributed by atoms with Crippen LogP contribution in [0, 0.1) is 6.92 Å². The first kappa shape index (κ1) is 13.4. The first-order valence-electron chi connectivity index (χ1n) is 6.22. The van der Waals surface area contributed by atoms with E-state index in [4.69, 9.17) is 4.42 Å². The fourth-order valence-corrected chi connectivity index (χ4v) is 2.13. The average Bonchev–Trinajstić information content (AvgIpc) is 2.72. The van der Waals surface area contributed by atoms with Gasteiger partial charge in [0.15, 0.2) is 0 Å². The fourth-order valence-electron chi connectivity index (χ4n) is 2.13. The van der Waals surface area contributed by atoms with E-state index in [1.165, 1.54) is 10.5 Å². The molecule has 1 aromatic carbocycles. The second kappa shape index (κ2) is 5.71. The Morgan fingerprint density at radius 3 is 2.53 bits per heavy atom. The Morgan fingerprint density at radius 2 is 1.95 bits per heavy atom. The summed E-state index contributed by atoms with van der Waals surface area (Å²) in [5, 5.41) is 10.7. The predicted octanol–water partition coefficient (Wildman–Crippen LogP) is 0.166. The Kier molecular flexibility index (Phi) is 4.02. The van der Waals surface area contributed by atoms with Gasteiger partial charge in [0.1, 0.15) is 30.6 Å². The van der Waals surface area contributed by atoms with Crippen LogP contribution >= 0.6 is 0 Å². The summed E-state index contributed by atoms with van der Waals surface area (Å²) >= 11 is 0. The highest BCUT2D eigenvalue weighted by Gasteiger charge is 2.12. The maximum absolute atomic E-state index is 10.7. The molecule has 0 aliphatic carbocycles. The zero-order valence-corrected chi connectivity index (χ0v) is 11.1. The Hall–Kier alpha value is -2.07. The monoisotopic (exact) mass is 259 g/mol. The van der Waals surface area contributed by atoms with E-state index < -0.39 is 5.97 Å². The third kappa shape index (κ3) is 3.45. The molecule has 0 aliphatic rings. The number of hydrogen-bond donors (Lipinski definition) is 1. The first-order chi connectivity index (χ1) is 9.06. The number of carboxylic acids is 1. The third-order valence-electron chi connectivity index (χ3n) is 3.06. The fraction of sp³-hybridized carbons (Fsp3) is 0.267. The van der Waals surface area contributed by atoms with Gasteiger partial charge in [-0.2, -0.15) is 0 Å². The van der Waals surface area contributed by atoms with Crippen molar-refractivity contribution in [1.82, 2.24) is 0 Å². The summed E-state index contributed by atoms with van der Waals surface area (Å²) in [6.07, 6.45) is 0. The zero-order chi connectivity index (χ0) is 13.8. The molecule has 0 bridgehead atoms. The Balaban J connectivity index is 2.03. The molecule has 1 aromatic heterocycles. The average molecular weight is 259 g/mol. The number of benzene rings is 1. The molecule has 1 unspecified atom stereocenters. The van der Waals surface area contributed by atoms with Crippen LogP contribution < -0.4 is 10.0 Å². The molecule has 2 aromatic rings. The molecule has 1 heterocycles. The molecule has 0 spiro atoms. The lowest BCUT2D eigenvalue weighted by molar-refractivity contribution is -0.907. The molecule has 2 rings (SSSR count). The Bertz CT molecular complexity index is 560. The van der Waals surface area contributed by atoms with Gasteiger partial charge in [0.05, 0.1) is 7.05 Å². The molecule has 4 nitrogen and oxygen atoms in total. The number of carboxylic acid groups (broad SMARTS) is 1. The van der Waals surface area contributed by atoms with E-state index in [1.54, 1.807) is 13.0 Å². The van der Waals surface area contributed by atoms with E-state index in [0.29, 0.717) is 5.76 Å². The summed E-state index contributed by atoms with van der Waals surface area (Å²) in [6.45, 7) is 3.38. The van der Waals surface area contributed by atoms with Crippen LogP contribution in [-0.2, 0) is 13.1 Å². The number of rotatable bonds is 5. The second-order valence-electron chi connectivity index (χ2n) is 4.78. The van der Waals surface area contributed by atoms with E-state index in [9.17, 15) is 9.90 Å². The summed E-state index contributed by atoms with van der Waals surface area (Å²) < 4.78 is 5.15. The number of carbonyl (C=O) groups is 1. The van der Waals surface area contributed by atoms with Crippen LogP contribution in [0.1, 0.15) is 27.4 Å². The maximum Gasteiger partial charge on any atom is 0.150 e. The van der Waals surface area contributed by atoms with Crippen molar-refractivity contribution < 1.29 is 19.2 Å². The number of nitrogens with one attached hydrogen (secondary N) is 1. The minimum atomic E-state index is -1.27. The van der Waals surface area contributed by atoms with Gasteiger partial charge in [0, 0.05) is 11.1 Å². The molecular weight excluding hydrogens is 242 g/mol. The molecule has 1 N–H and O–H groups in total. The van der Waals surface area contributed by atoms with Gasteiger partial charge in [0.25, 0.3) is 0 Å². The van der Waals surface area contributed by atoms with Crippen molar-refractivity contribution in [2.45, 2.75) is 20.0 Å². The molecule has 1 atom stereocenters. The van der Waals surface area contributed by atoms with Crippen LogP contribution in [0.4, 0.5) is 0 Å². The number of quaternary nitrogens is 1. The lowest BCUT2D eigenvalue weighted by atomic mass is 10.2. The summed E-state index contributed by atoms with van der Waals surface area (Å²) in [6, 6.07) is 11.7. The van der Waals surface area contributed by atoms with Crippen LogP contribution in [0.15, 0.2) is 40.8 Å². The van der Waals surface area contributed by atoms with E-state index in [-0.39, 0.29) is 5.76 Å². The van der Waals surface area contributed by atoms with Crippen LogP contribution in [0.25, 0.3) is 0 Å². The zero-order valence-electron chi connectivity index (χ0n) is 11.1. The highest BCUT2D eigenvalue weighted by Crippen LogP contribution is 2.13. The van der Waals surface area contributed by atoms with Crippen molar-refractivity contribution in [2.75, 3.05) is 7.05 Å². The van der Waals surface area contributed by atoms with Crippen molar-refractivity contribution in [3.05, 3.63) is 59.0 Å². The quantitative estimate of drug-likeness (QED) is 0.832. The van der Waals surface area contributed by atoms with Crippen molar-refractivity contribution >= 4 is 5.97 Å². The number of hydrogen-bond acceptors (Lipinski definition) is 3. The molecular formula is C15H17NO3. The molecule has 0 aliphatic heterocycles. The summed E-state index contributed by atoms with van der Waals surface area (Å²) in [5.74, 6) is -0.721. The van der Waals surface area contributed by atoms with Gasteiger partial charge in [-0.3, -0.25) is 0 Å². The SMILES string of the molecule is Cc1oc(C(=O)[O-])cc1C[NH+](C)Cc1ccccc1. The summed E-state index contributed by atoms with van der Waals surface area (Å²) in [4.78, 5) is 12.0. The molecule has 0 amide bonds. The van der Waals surface area contributed by atoms with Crippen molar-refractivity contribution in [3.63, 3.8) is 0 Å². The highest BCUT2D eigenvalue weighted by molar-refractivity contribution is 5.82. The molecule has 0 fully saturated rings. The second-order valence-corrected chi connectivity index (χ2v) is 4.78. The van der Waals surface area contributed by atoms with Crippen molar-refractivity contribution in [2.24, 2.45) is 0 Å². The van der Waals surface area contributed by atoms with Crippen molar-refractivity contribution in [3.8, 4) is 0 Å².